The topological polar surface area (TPSA) is 55.3 Å². The van der Waals surface area contributed by atoms with E-state index in [0.717, 1.165) is 18.8 Å². The van der Waals surface area contributed by atoms with Crippen molar-refractivity contribution in [1.82, 2.24) is 9.97 Å². The Hall–Kier alpha value is -1.65. The maximum atomic E-state index is 11.7. The number of nitrogens with zero attached hydrogens (tertiary/aromatic N) is 3. The minimum absolute atomic E-state index is 0.153. The minimum Gasteiger partial charge on any atom is -0.460 e. The number of anilines is 1. The Morgan fingerprint density at radius 3 is 3.05 bits per heavy atom. The number of piperidine rings is 1. The summed E-state index contributed by atoms with van der Waals surface area (Å²) in [7, 11) is 0. The second-order valence-corrected chi connectivity index (χ2v) is 4.71. The highest BCUT2D eigenvalue weighted by Gasteiger charge is 2.23. The minimum atomic E-state index is -0.450. The van der Waals surface area contributed by atoms with Gasteiger partial charge in [0, 0.05) is 18.8 Å². The third-order valence-electron chi connectivity index (χ3n) is 3.49. The molecule has 104 valence electrons. The van der Waals surface area contributed by atoms with E-state index in [4.69, 9.17) is 4.74 Å². The summed E-state index contributed by atoms with van der Waals surface area (Å²) in [4.78, 5) is 22.3. The van der Waals surface area contributed by atoms with Crippen LogP contribution in [0.25, 0.3) is 0 Å². The number of aromatic nitrogens is 2. The van der Waals surface area contributed by atoms with Gasteiger partial charge >= 0.3 is 5.97 Å². The molecular formula is C14H21N3O2. The average Bonchev–Trinajstić information content (AvgIpc) is 2.47. The van der Waals surface area contributed by atoms with Crippen LogP contribution in [0.4, 0.5) is 5.82 Å². The zero-order chi connectivity index (χ0) is 13.7. The first-order valence-corrected chi connectivity index (χ1v) is 7.03. The van der Waals surface area contributed by atoms with E-state index in [9.17, 15) is 4.79 Å². The van der Waals surface area contributed by atoms with Gasteiger partial charge in [0.25, 0.3) is 0 Å². The first kappa shape index (κ1) is 13.8. The van der Waals surface area contributed by atoms with Gasteiger partial charge in [0.15, 0.2) is 0 Å². The molecule has 1 unspecified atom stereocenters. The lowest BCUT2D eigenvalue weighted by Gasteiger charge is -2.36. The fourth-order valence-corrected chi connectivity index (χ4v) is 2.53. The molecule has 0 aliphatic carbocycles. The van der Waals surface area contributed by atoms with Crippen molar-refractivity contribution in [3.8, 4) is 0 Å². The SMILES string of the molecule is CCOC(=O)c1nccc(N2CCCCC2CC)n1. The van der Waals surface area contributed by atoms with Crippen LogP contribution in [-0.2, 0) is 4.74 Å². The first-order valence-electron chi connectivity index (χ1n) is 7.03. The highest BCUT2D eigenvalue weighted by Crippen LogP contribution is 2.24. The molecule has 2 heterocycles. The lowest BCUT2D eigenvalue weighted by atomic mass is 10.0. The van der Waals surface area contributed by atoms with Crippen LogP contribution in [0.15, 0.2) is 12.3 Å². The fraction of sp³-hybridized carbons (Fsp3) is 0.643. The Morgan fingerprint density at radius 1 is 1.47 bits per heavy atom. The van der Waals surface area contributed by atoms with E-state index >= 15 is 0 Å². The smallest absolute Gasteiger partial charge is 0.376 e. The summed E-state index contributed by atoms with van der Waals surface area (Å²) in [5.74, 6) is 0.541. The summed E-state index contributed by atoms with van der Waals surface area (Å²) in [6.07, 6.45) is 6.37. The molecule has 5 heteroatoms. The first-order chi connectivity index (χ1) is 9.26. The van der Waals surface area contributed by atoms with Gasteiger partial charge < -0.3 is 9.64 Å². The molecule has 0 aromatic carbocycles. The van der Waals surface area contributed by atoms with Crippen molar-refractivity contribution in [1.29, 1.82) is 0 Å². The predicted octanol–water partition coefficient (Wildman–Crippen LogP) is 2.42. The van der Waals surface area contributed by atoms with Crippen molar-refractivity contribution in [3.05, 3.63) is 18.1 Å². The number of esters is 1. The van der Waals surface area contributed by atoms with E-state index in [-0.39, 0.29) is 5.82 Å². The van der Waals surface area contributed by atoms with Gasteiger partial charge in [0.2, 0.25) is 5.82 Å². The van der Waals surface area contributed by atoms with Crippen LogP contribution in [0.1, 0.15) is 50.1 Å². The number of hydrogen-bond donors (Lipinski definition) is 0. The number of carbonyl (C=O) groups excluding carboxylic acids is 1. The summed E-state index contributed by atoms with van der Waals surface area (Å²) >= 11 is 0. The van der Waals surface area contributed by atoms with Gasteiger partial charge in [-0.25, -0.2) is 14.8 Å². The van der Waals surface area contributed by atoms with Gasteiger partial charge in [0.1, 0.15) is 5.82 Å². The zero-order valence-electron chi connectivity index (χ0n) is 11.6. The summed E-state index contributed by atoms with van der Waals surface area (Å²) < 4.78 is 4.94. The van der Waals surface area contributed by atoms with Crippen molar-refractivity contribution in [2.75, 3.05) is 18.1 Å². The quantitative estimate of drug-likeness (QED) is 0.781. The van der Waals surface area contributed by atoms with Crippen LogP contribution in [0.3, 0.4) is 0 Å². The van der Waals surface area contributed by atoms with Gasteiger partial charge in [-0.1, -0.05) is 6.92 Å². The van der Waals surface area contributed by atoms with E-state index < -0.39 is 5.97 Å². The van der Waals surface area contributed by atoms with Crippen LogP contribution in [0, 0.1) is 0 Å². The molecule has 1 aliphatic heterocycles. The van der Waals surface area contributed by atoms with Gasteiger partial charge in [-0.3, -0.25) is 0 Å². The Balaban J connectivity index is 2.19. The largest absolute Gasteiger partial charge is 0.460 e. The van der Waals surface area contributed by atoms with E-state index in [0.29, 0.717) is 12.6 Å². The molecule has 19 heavy (non-hydrogen) atoms. The van der Waals surface area contributed by atoms with Crippen molar-refractivity contribution >= 4 is 11.8 Å². The van der Waals surface area contributed by atoms with Crippen LogP contribution in [0.2, 0.25) is 0 Å². The van der Waals surface area contributed by atoms with E-state index in [1.165, 1.54) is 19.3 Å². The molecule has 0 radical (unpaired) electrons. The van der Waals surface area contributed by atoms with E-state index in [2.05, 4.69) is 21.8 Å². The lowest BCUT2D eigenvalue weighted by molar-refractivity contribution is 0.0512. The molecule has 0 spiro atoms. The second-order valence-electron chi connectivity index (χ2n) is 4.71. The molecule has 5 nitrogen and oxygen atoms in total. The molecule has 1 aliphatic rings. The molecule has 0 amide bonds. The number of ether oxygens (including phenoxy) is 1. The number of carbonyl (C=O) groups is 1. The fourth-order valence-electron chi connectivity index (χ4n) is 2.53. The van der Waals surface area contributed by atoms with E-state index in [1.54, 1.807) is 13.1 Å². The Labute approximate surface area is 114 Å². The standard InChI is InChI=1S/C14H21N3O2/c1-3-11-7-5-6-10-17(11)12-8-9-15-13(16-12)14(18)19-4-2/h8-9,11H,3-7,10H2,1-2H3. The van der Waals surface area contributed by atoms with Gasteiger partial charge in [0.05, 0.1) is 6.61 Å². The van der Waals surface area contributed by atoms with Crippen LogP contribution >= 0.6 is 0 Å². The third-order valence-corrected chi connectivity index (χ3v) is 3.49. The molecule has 1 atom stereocenters. The van der Waals surface area contributed by atoms with Gasteiger partial charge in [-0.05, 0) is 38.7 Å². The molecular weight excluding hydrogens is 242 g/mol. The number of rotatable bonds is 4. The van der Waals surface area contributed by atoms with Crippen molar-refractivity contribution in [3.63, 3.8) is 0 Å². The zero-order valence-corrected chi connectivity index (χ0v) is 11.6. The van der Waals surface area contributed by atoms with Crippen molar-refractivity contribution in [2.45, 2.75) is 45.6 Å². The Morgan fingerprint density at radius 2 is 2.32 bits per heavy atom. The maximum absolute atomic E-state index is 11.7. The summed E-state index contributed by atoms with van der Waals surface area (Å²) in [6, 6.07) is 2.38. The highest BCUT2D eigenvalue weighted by molar-refractivity contribution is 5.85. The average molecular weight is 263 g/mol. The summed E-state index contributed by atoms with van der Waals surface area (Å²) in [5, 5.41) is 0. The summed E-state index contributed by atoms with van der Waals surface area (Å²) in [6.45, 7) is 5.31. The van der Waals surface area contributed by atoms with E-state index in [1.807, 2.05) is 6.07 Å². The molecule has 1 saturated heterocycles. The van der Waals surface area contributed by atoms with Crippen molar-refractivity contribution in [2.24, 2.45) is 0 Å². The molecule has 0 saturated carbocycles. The van der Waals surface area contributed by atoms with Crippen LogP contribution in [0.5, 0.6) is 0 Å². The van der Waals surface area contributed by atoms with Gasteiger partial charge in [-0.2, -0.15) is 0 Å². The summed E-state index contributed by atoms with van der Waals surface area (Å²) in [5.41, 5.74) is 0. The van der Waals surface area contributed by atoms with Crippen molar-refractivity contribution < 1.29 is 9.53 Å². The molecule has 0 N–H and O–H groups in total. The second kappa shape index (κ2) is 6.50. The monoisotopic (exact) mass is 263 g/mol. The van der Waals surface area contributed by atoms with Crippen LogP contribution < -0.4 is 4.90 Å². The normalized spacial score (nSPS) is 19.3. The van der Waals surface area contributed by atoms with Gasteiger partial charge in [-0.15, -0.1) is 0 Å². The predicted molar refractivity (Wildman–Crippen MR) is 73.3 cm³/mol. The van der Waals surface area contributed by atoms with Crippen LogP contribution in [-0.4, -0.2) is 35.1 Å². The Kier molecular flexibility index (Phi) is 4.71. The molecule has 1 aromatic rings. The molecule has 0 bridgehead atoms. The highest BCUT2D eigenvalue weighted by atomic mass is 16.5. The number of hydrogen-bond acceptors (Lipinski definition) is 5. The lowest BCUT2D eigenvalue weighted by Crippen LogP contribution is -2.39. The molecule has 1 aromatic heterocycles. The third kappa shape index (κ3) is 3.22. The molecule has 2 rings (SSSR count). The molecule has 1 fully saturated rings. The Bertz CT molecular complexity index is 436. The maximum Gasteiger partial charge on any atom is 0.376 e.